The van der Waals surface area contributed by atoms with E-state index in [1.54, 1.807) is 32.0 Å². The molecule has 0 bridgehead atoms. The van der Waals surface area contributed by atoms with Crippen LogP contribution in [0.15, 0.2) is 59.3 Å². The molecule has 0 aliphatic carbocycles. The van der Waals surface area contributed by atoms with Crippen LogP contribution >= 0.6 is 11.6 Å². The second kappa shape index (κ2) is 9.01. The lowest BCUT2D eigenvalue weighted by Crippen LogP contribution is -2.32. The van der Waals surface area contributed by atoms with Crippen LogP contribution in [0, 0.1) is 0 Å². The Morgan fingerprint density at radius 3 is 2.26 bits per heavy atom. The average molecular weight is 443 g/mol. The third-order valence-corrected chi connectivity index (χ3v) is 4.61. The number of methoxy groups -OCH3 is 1. The van der Waals surface area contributed by atoms with Crippen molar-refractivity contribution in [2.75, 3.05) is 17.3 Å². The Morgan fingerprint density at radius 2 is 1.61 bits per heavy atom. The molecule has 1 aliphatic heterocycles. The zero-order valence-electron chi connectivity index (χ0n) is 17.0. The van der Waals surface area contributed by atoms with Crippen molar-refractivity contribution in [3.05, 3.63) is 70.4 Å². The summed E-state index contributed by atoms with van der Waals surface area (Å²) in [6.45, 7) is 3.47. The minimum atomic E-state index is -0.744. The lowest BCUT2D eigenvalue weighted by atomic mass is 10.2. The van der Waals surface area contributed by atoms with Crippen LogP contribution < -0.4 is 10.2 Å². The highest BCUT2D eigenvalue weighted by Gasteiger charge is 2.39. The zero-order valence-corrected chi connectivity index (χ0v) is 17.7. The summed E-state index contributed by atoms with van der Waals surface area (Å²) in [4.78, 5) is 50.3. The van der Waals surface area contributed by atoms with Gasteiger partial charge in [0, 0.05) is 5.69 Å². The number of rotatable bonds is 6. The van der Waals surface area contributed by atoms with Crippen molar-refractivity contribution in [3.63, 3.8) is 0 Å². The van der Waals surface area contributed by atoms with Crippen LogP contribution in [0.3, 0.4) is 0 Å². The van der Waals surface area contributed by atoms with Crippen LogP contribution in [0.2, 0.25) is 0 Å². The molecule has 0 saturated carbocycles. The number of imide groups is 1. The van der Waals surface area contributed by atoms with Gasteiger partial charge in [-0.25, -0.2) is 14.5 Å². The van der Waals surface area contributed by atoms with Gasteiger partial charge in [0.25, 0.3) is 11.8 Å². The van der Waals surface area contributed by atoms with Crippen LogP contribution in [0.5, 0.6) is 0 Å². The van der Waals surface area contributed by atoms with Crippen LogP contribution in [-0.2, 0) is 19.1 Å². The van der Waals surface area contributed by atoms with E-state index in [1.165, 1.54) is 37.4 Å². The molecule has 2 aromatic carbocycles. The fourth-order valence-electron chi connectivity index (χ4n) is 2.89. The summed E-state index contributed by atoms with van der Waals surface area (Å²) >= 11 is 6.14. The predicted octanol–water partition coefficient (Wildman–Crippen LogP) is 3.47. The van der Waals surface area contributed by atoms with Crippen LogP contribution in [0.1, 0.15) is 34.6 Å². The second-order valence-electron chi connectivity index (χ2n) is 6.84. The highest BCUT2D eigenvalue weighted by atomic mass is 35.5. The number of benzene rings is 2. The minimum Gasteiger partial charge on any atom is -0.465 e. The summed E-state index contributed by atoms with van der Waals surface area (Å²) in [5.41, 5.74) is 0.841. The van der Waals surface area contributed by atoms with Gasteiger partial charge in [-0.05, 0) is 50.2 Å². The first-order valence-corrected chi connectivity index (χ1v) is 9.65. The summed E-state index contributed by atoms with van der Waals surface area (Å²) < 4.78 is 9.83. The molecule has 31 heavy (non-hydrogen) atoms. The van der Waals surface area contributed by atoms with E-state index in [-0.39, 0.29) is 33.6 Å². The van der Waals surface area contributed by atoms with Gasteiger partial charge in [-0.2, -0.15) is 0 Å². The molecule has 0 aromatic heterocycles. The molecule has 0 unspecified atom stereocenters. The fraction of sp³-hybridized carbons (Fsp3) is 0.182. The van der Waals surface area contributed by atoms with Crippen molar-refractivity contribution < 1.29 is 28.7 Å². The SMILES string of the molecule is COC(=O)c1cccc(N2C(=O)C(Cl)=C(Nc3cccc(C(=O)OC(C)C)c3)C2=O)c1. The number of nitrogens with zero attached hydrogens (tertiary/aromatic N) is 1. The number of halogens is 1. The number of anilines is 2. The molecule has 0 spiro atoms. The maximum atomic E-state index is 12.9. The van der Waals surface area contributed by atoms with Crippen molar-refractivity contribution in [2.45, 2.75) is 20.0 Å². The minimum absolute atomic E-state index is 0.149. The van der Waals surface area contributed by atoms with E-state index in [1.807, 2.05) is 0 Å². The van der Waals surface area contributed by atoms with Crippen LogP contribution in [0.25, 0.3) is 0 Å². The first-order chi connectivity index (χ1) is 14.7. The number of esters is 2. The molecule has 1 aliphatic rings. The predicted molar refractivity (Wildman–Crippen MR) is 114 cm³/mol. The van der Waals surface area contributed by atoms with Gasteiger partial charge in [0.2, 0.25) is 0 Å². The Balaban J connectivity index is 1.86. The van der Waals surface area contributed by atoms with Crippen LogP contribution in [0.4, 0.5) is 11.4 Å². The Hall–Kier alpha value is -3.65. The van der Waals surface area contributed by atoms with Gasteiger partial charge in [0.05, 0.1) is 30.0 Å². The highest BCUT2D eigenvalue weighted by molar-refractivity contribution is 6.53. The first-order valence-electron chi connectivity index (χ1n) is 9.28. The summed E-state index contributed by atoms with van der Waals surface area (Å²) in [5.74, 6) is -2.57. The van der Waals surface area contributed by atoms with E-state index in [0.29, 0.717) is 5.69 Å². The van der Waals surface area contributed by atoms with Gasteiger partial charge in [-0.1, -0.05) is 23.7 Å². The van der Waals surface area contributed by atoms with Crippen molar-refractivity contribution in [3.8, 4) is 0 Å². The number of hydrogen-bond donors (Lipinski definition) is 1. The van der Waals surface area contributed by atoms with Crippen molar-refractivity contribution in [1.29, 1.82) is 0 Å². The highest BCUT2D eigenvalue weighted by Crippen LogP contribution is 2.30. The average Bonchev–Trinajstić information content (AvgIpc) is 2.96. The fourth-order valence-corrected chi connectivity index (χ4v) is 3.10. The van der Waals surface area contributed by atoms with E-state index >= 15 is 0 Å². The van der Waals surface area contributed by atoms with E-state index < -0.39 is 23.8 Å². The largest absolute Gasteiger partial charge is 0.465 e. The first kappa shape index (κ1) is 22.0. The Kier molecular flexibility index (Phi) is 6.41. The van der Waals surface area contributed by atoms with Gasteiger partial charge in [0.15, 0.2) is 0 Å². The summed E-state index contributed by atoms with van der Waals surface area (Å²) in [6, 6.07) is 12.1. The molecule has 9 heteroatoms. The smallest absolute Gasteiger partial charge is 0.338 e. The Labute approximate surface area is 183 Å². The van der Waals surface area contributed by atoms with E-state index in [4.69, 9.17) is 16.3 Å². The van der Waals surface area contributed by atoms with Crippen molar-refractivity contribution in [2.24, 2.45) is 0 Å². The third-order valence-electron chi connectivity index (χ3n) is 4.26. The lowest BCUT2D eigenvalue weighted by Gasteiger charge is -2.16. The van der Waals surface area contributed by atoms with E-state index in [9.17, 15) is 19.2 Å². The van der Waals surface area contributed by atoms with Gasteiger partial charge >= 0.3 is 11.9 Å². The number of ether oxygens (including phenoxy) is 2. The van der Waals surface area contributed by atoms with Gasteiger partial charge in [-0.3, -0.25) is 9.59 Å². The second-order valence-corrected chi connectivity index (χ2v) is 7.21. The maximum absolute atomic E-state index is 12.9. The normalized spacial score (nSPS) is 13.6. The lowest BCUT2D eigenvalue weighted by molar-refractivity contribution is -0.120. The van der Waals surface area contributed by atoms with E-state index in [0.717, 1.165) is 4.90 Å². The number of carbonyl (C=O) groups excluding carboxylic acids is 4. The standard InChI is InChI=1S/C22H19ClN2O6/c1-12(2)31-22(29)13-6-4-8-15(10-13)24-18-17(23)19(26)25(20(18)27)16-9-5-7-14(11-16)21(28)30-3/h4-12,24H,1-3H3. The van der Waals surface area contributed by atoms with Crippen molar-refractivity contribution in [1.82, 2.24) is 0 Å². The van der Waals surface area contributed by atoms with E-state index in [2.05, 4.69) is 10.1 Å². The number of carbonyl (C=O) groups is 4. The molecular weight excluding hydrogens is 424 g/mol. The van der Waals surface area contributed by atoms with Crippen molar-refractivity contribution >= 4 is 46.7 Å². The molecule has 2 aromatic rings. The summed E-state index contributed by atoms with van der Waals surface area (Å²) in [6.07, 6.45) is -0.287. The quantitative estimate of drug-likeness (QED) is 0.539. The molecule has 3 rings (SSSR count). The van der Waals surface area contributed by atoms with Gasteiger partial charge in [0.1, 0.15) is 10.7 Å². The molecule has 1 N–H and O–H groups in total. The monoisotopic (exact) mass is 442 g/mol. The Bertz CT molecular complexity index is 1110. The zero-order chi connectivity index (χ0) is 22.7. The number of hydrogen-bond acceptors (Lipinski definition) is 7. The third kappa shape index (κ3) is 4.59. The van der Waals surface area contributed by atoms with Crippen LogP contribution in [-0.4, -0.2) is 37.0 Å². The molecule has 0 saturated heterocycles. The molecular formula is C22H19ClN2O6. The molecule has 1 heterocycles. The molecule has 160 valence electrons. The number of nitrogens with one attached hydrogen (secondary N) is 1. The molecule has 0 radical (unpaired) electrons. The summed E-state index contributed by atoms with van der Waals surface area (Å²) in [5, 5.41) is 2.49. The molecule has 8 nitrogen and oxygen atoms in total. The summed E-state index contributed by atoms with van der Waals surface area (Å²) in [7, 11) is 1.23. The molecule has 0 atom stereocenters. The molecule has 2 amide bonds. The van der Waals surface area contributed by atoms with Gasteiger partial charge in [-0.15, -0.1) is 0 Å². The maximum Gasteiger partial charge on any atom is 0.338 e. The topological polar surface area (TPSA) is 102 Å². The molecule has 0 fully saturated rings. The number of amides is 2. The Morgan fingerprint density at radius 1 is 0.968 bits per heavy atom. The van der Waals surface area contributed by atoms with Gasteiger partial charge < -0.3 is 14.8 Å².